The van der Waals surface area contributed by atoms with Gasteiger partial charge in [-0.15, -0.1) is 0 Å². The molecule has 2 heterocycles. The van der Waals surface area contributed by atoms with Gasteiger partial charge in [0.25, 0.3) is 0 Å². The van der Waals surface area contributed by atoms with Crippen LogP contribution in [0, 0.1) is 0 Å². The maximum atomic E-state index is 5.69. The van der Waals surface area contributed by atoms with E-state index in [0.29, 0.717) is 5.92 Å². The van der Waals surface area contributed by atoms with Gasteiger partial charge < -0.3 is 10.1 Å². The van der Waals surface area contributed by atoms with Gasteiger partial charge in [0.1, 0.15) is 5.75 Å². The predicted octanol–water partition coefficient (Wildman–Crippen LogP) is 2.34. The first-order valence-corrected chi connectivity index (χ1v) is 6.09. The summed E-state index contributed by atoms with van der Waals surface area (Å²) in [6.07, 6.45) is 4.44. The van der Waals surface area contributed by atoms with Crippen LogP contribution in [0.3, 0.4) is 0 Å². The van der Waals surface area contributed by atoms with E-state index in [1.54, 1.807) is 0 Å². The summed E-state index contributed by atoms with van der Waals surface area (Å²) in [5, 5.41) is 3.37. The fourth-order valence-electron chi connectivity index (χ4n) is 2.11. The third kappa shape index (κ3) is 2.95. The largest absolute Gasteiger partial charge is 0.491 e. The molecule has 0 amide bonds. The van der Waals surface area contributed by atoms with Crippen molar-refractivity contribution in [1.82, 2.24) is 10.3 Å². The third-order valence-electron chi connectivity index (χ3n) is 2.88. The SMILES string of the molecule is CC(C)Oc1ccnc(C2CCNCC2)c1. The van der Waals surface area contributed by atoms with E-state index < -0.39 is 0 Å². The number of nitrogens with one attached hydrogen (secondary N) is 1. The van der Waals surface area contributed by atoms with Gasteiger partial charge in [0.2, 0.25) is 0 Å². The highest BCUT2D eigenvalue weighted by molar-refractivity contribution is 5.25. The molecule has 1 fully saturated rings. The van der Waals surface area contributed by atoms with Crippen LogP contribution in [-0.2, 0) is 0 Å². The molecule has 1 aromatic heterocycles. The minimum atomic E-state index is 0.225. The zero-order valence-corrected chi connectivity index (χ0v) is 10.1. The molecule has 0 aromatic carbocycles. The van der Waals surface area contributed by atoms with E-state index >= 15 is 0 Å². The molecular formula is C13H20N2O. The first kappa shape index (κ1) is 11.4. The van der Waals surface area contributed by atoms with Crippen molar-refractivity contribution in [1.29, 1.82) is 0 Å². The van der Waals surface area contributed by atoms with E-state index in [0.717, 1.165) is 18.8 Å². The molecule has 0 saturated carbocycles. The highest BCUT2D eigenvalue weighted by Gasteiger charge is 2.16. The number of pyridine rings is 1. The molecule has 3 heteroatoms. The lowest BCUT2D eigenvalue weighted by Gasteiger charge is -2.22. The standard InChI is InChI=1S/C13H20N2O/c1-10(2)16-12-5-8-15-13(9-12)11-3-6-14-7-4-11/h5,8-11,14H,3-4,6-7H2,1-2H3. The average molecular weight is 220 g/mol. The lowest BCUT2D eigenvalue weighted by Crippen LogP contribution is -2.27. The minimum absolute atomic E-state index is 0.225. The summed E-state index contributed by atoms with van der Waals surface area (Å²) in [7, 11) is 0. The molecule has 0 unspecified atom stereocenters. The Morgan fingerprint density at radius 3 is 2.81 bits per heavy atom. The van der Waals surface area contributed by atoms with Crippen LogP contribution < -0.4 is 10.1 Å². The maximum Gasteiger partial charge on any atom is 0.123 e. The number of piperidine rings is 1. The summed E-state index contributed by atoms with van der Waals surface area (Å²) < 4.78 is 5.69. The Balaban J connectivity index is 2.08. The monoisotopic (exact) mass is 220 g/mol. The van der Waals surface area contributed by atoms with Crippen LogP contribution in [0.15, 0.2) is 18.3 Å². The summed E-state index contributed by atoms with van der Waals surface area (Å²) in [5.74, 6) is 1.54. The number of nitrogens with zero attached hydrogens (tertiary/aromatic N) is 1. The second-order valence-corrected chi connectivity index (χ2v) is 4.61. The van der Waals surface area contributed by atoms with E-state index in [-0.39, 0.29) is 6.10 Å². The second-order valence-electron chi connectivity index (χ2n) is 4.61. The van der Waals surface area contributed by atoms with Gasteiger partial charge >= 0.3 is 0 Å². The zero-order chi connectivity index (χ0) is 11.4. The Labute approximate surface area is 97.2 Å². The molecule has 1 N–H and O–H groups in total. The maximum absolute atomic E-state index is 5.69. The topological polar surface area (TPSA) is 34.1 Å². The van der Waals surface area contributed by atoms with Crippen LogP contribution in [0.1, 0.15) is 38.3 Å². The molecule has 0 spiro atoms. The molecule has 3 nitrogen and oxygen atoms in total. The van der Waals surface area contributed by atoms with Crippen molar-refractivity contribution in [3.8, 4) is 5.75 Å². The number of hydrogen-bond acceptors (Lipinski definition) is 3. The first-order chi connectivity index (χ1) is 7.75. The van der Waals surface area contributed by atoms with Gasteiger partial charge in [-0.25, -0.2) is 0 Å². The molecule has 0 aliphatic carbocycles. The minimum Gasteiger partial charge on any atom is -0.491 e. The van der Waals surface area contributed by atoms with Crippen LogP contribution in [0.4, 0.5) is 0 Å². The van der Waals surface area contributed by atoms with Crippen molar-refractivity contribution < 1.29 is 4.74 Å². The van der Waals surface area contributed by atoms with Gasteiger partial charge in [0, 0.05) is 23.9 Å². The predicted molar refractivity (Wildman–Crippen MR) is 64.8 cm³/mol. The Hall–Kier alpha value is -1.09. The van der Waals surface area contributed by atoms with Crippen LogP contribution in [0.5, 0.6) is 5.75 Å². The lowest BCUT2D eigenvalue weighted by atomic mass is 9.94. The summed E-state index contributed by atoms with van der Waals surface area (Å²) in [6, 6.07) is 4.03. The fraction of sp³-hybridized carbons (Fsp3) is 0.615. The molecule has 0 bridgehead atoms. The van der Waals surface area contributed by atoms with Crippen molar-refractivity contribution >= 4 is 0 Å². The Morgan fingerprint density at radius 1 is 1.38 bits per heavy atom. The van der Waals surface area contributed by atoms with Gasteiger partial charge in [-0.3, -0.25) is 4.98 Å². The Bertz CT molecular complexity index is 332. The third-order valence-corrected chi connectivity index (χ3v) is 2.88. The van der Waals surface area contributed by atoms with Crippen molar-refractivity contribution in [2.75, 3.05) is 13.1 Å². The highest BCUT2D eigenvalue weighted by Crippen LogP contribution is 2.26. The summed E-state index contributed by atoms with van der Waals surface area (Å²) in [6.45, 7) is 6.29. The molecule has 0 atom stereocenters. The van der Waals surface area contributed by atoms with Crippen LogP contribution >= 0.6 is 0 Å². The molecule has 16 heavy (non-hydrogen) atoms. The van der Waals surface area contributed by atoms with Gasteiger partial charge in [0.05, 0.1) is 6.10 Å². The molecule has 1 aliphatic heterocycles. The van der Waals surface area contributed by atoms with Gasteiger partial charge in [-0.1, -0.05) is 0 Å². The highest BCUT2D eigenvalue weighted by atomic mass is 16.5. The second kappa shape index (κ2) is 5.30. The zero-order valence-electron chi connectivity index (χ0n) is 10.1. The molecule has 1 saturated heterocycles. The smallest absolute Gasteiger partial charge is 0.123 e. The molecule has 88 valence electrons. The summed E-state index contributed by atoms with van der Waals surface area (Å²) in [5.41, 5.74) is 1.18. The average Bonchev–Trinajstić information content (AvgIpc) is 2.30. The fourth-order valence-corrected chi connectivity index (χ4v) is 2.11. The van der Waals surface area contributed by atoms with E-state index in [4.69, 9.17) is 4.74 Å². The Morgan fingerprint density at radius 2 is 2.12 bits per heavy atom. The first-order valence-electron chi connectivity index (χ1n) is 6.09. The molecule has 0 radical (unpaired) electrons. The van der Waals surface area contributed by atoms with Crippen molar-refractivity contribution in [3.63, 3.8) is 0 Å². The van der Waals surface area contributed by atoms with Crippen LogP contribution in [-0.4, -0.2) is 24.2 Å². The van der Waals surface area contributed by atoms with E-state index in [2.05, 4.69) is 16.4 Å². The molecule has 1 aliphatic rings. The molecule has 2 rings (SSSR count). The van der Waals surface area contributed by atoms with E-state index in [1.807, 2.05) is 26.1 Å². The molecule has 1 aromatic rings. The van der Waals surface area contributed by atoms with Crippen molar-refractivity contribution in [3.05, 3.63) is 24.0 Å². The number of rotatable bonds is 3. The quantitative estimate of drug-likeness (QED) is 0.849. The van der Waals surface area contributed by atoms with Gasteiger partial charge in [-0.2, -0.15) is 0 Å². The van der Waals surface area contributed by atoms with Crippen LogP contribution in [0.2, 0.25) is 0 Å². The van der Waals surface area contributed by atoms with Crippen molar-refractivity contribution in [2.45, 2.75) is 38.7 Å². The Kier molecular flexibility index (Phi) is 3.78. The van der Waals surface area contributed by atoms with Crippen molar-refractivity contribution in [2.24, 2.45) is 0 Å². The van der Waals surface area contributed by atoms with Gasteiger partial charge in [-0.05, 0) is 45.8 Å². The molecular weight excluding hydrogens is 200 g/mol. The van der Waals surface area contributed by atoms with E-state index in [9.17, 15) is 0 Å². The number of ether oxygens (including phenoxy) is 1. The lowest BCUT2D eigenvalue weighted by molar-refractivity contribution is 0.241. The number of aromatic nitrogens is 1. The number of hydrogen-bond donors (Lipinski definition) is 1. The normalized spacial score (nSPS) is 17.7. The summed E-state index contributed by atoms with van der Waals surface area (Å²) >= 11 is 0. The van der Waals surface area contributed by atoms with Crippen LogP contribution in [0.25, 0.3) is 0 Å². The van der Waals surface area contributed by atoms with E-state index in [1.165, 1.54) is 18.5 Å². The summed E-state index contributed by atoms with van der Waals surface area (Å²) in [4.78, 5) is 4.46. The van der Waals surface area contributed by atoms with Gasteiger partial charge in [0.15, 0.2) is 0 Å².